The first kappa shape index (κ1) is 21.1. The lowest BCUT2D eigenvalue weighted by atomic mass is 10.1. The van der Waals surface area contributed by atoms with Crippen LogP contribution in [0, 0.1) is 6.92 Å². The van der Waals surface area contributed by atoms with E-state index in [1.54, 1.807) is 18.2 Å². The number of aromatic amines is 1. The summed E-state index contributed by atoms with van der Waals surface area (Å²) in [5.74, 6) is 0. The Hall–Kier alpha value is -2.19. The molecule has 0 saturated carbocycles. The van der Waals surface area contributed by atoms with Crippen LogP contribution >= 0.6 is 11.6 Å². The summed E-state index contributed by atoms with van der Waals surface area (Å²) in [6.07, 6.45) is 1.50. The zero-order valence-corrected chi connectivity index (χ0v) is 18.2. The van der Waals surface area contributed by atoms with Gasteiger partial charge in [-0.15, -0.1) is 0 Å². The Balaban J connectivity index is 1.72. The van der Waals surface area contributed by atoms with E-state index < -0.39 is 10.0 Å². The van der Waals surface area contributed by atoms with Gasteiger partial charge in [0, 0.05) is 35.8 Å². The van der Waals surface area contributed by atoms with Crippen LogP contribution in [0.25, 0.3) is 10.9 Å². The number of halogens is 1. The minimum absolute atomic E-state index is 0.0377. The predicted molar refractivity (Wildman–Crippen MR) is 117 cm³/mol. The Labute approximate surface area is 180 Å². The molecular weight excluding hydrogens is 424 g/mol. The molecular formula is C22H23ClN2O4S. The van der Waals surface area contributed by atoms with E-state index >= 15 is 0 Å². The third-order valence-electron chi connectivity index (χ3n) is 5.31. The van der Waals surface area contributed by atoms with Crippen molar-refractivity contribution in [1.29, 1.82) is 0 Å². The van der Waals surface area contributed by atoms with Gasteiger partial charge in [-0.2, -0.15) is 4.31 Å². The second-order valence-electron chi connectivity index (χ2n) is 7.60. The van der Waals surface area contributed by atoms with Crippen LogP contribution in [-0.4, -0.2) is 37.0 Å². The quantitative estimate of drug-likeness (QED) is 0.623. The van der Waals surface area contributed by atoms with E-state index in [9.17, 15) is 13.2 Å². The van der Waals surface area contributed by atoms with Crippen LogP contribution in [-0.2, 0) is 21.3 Å². The standard InChI is InChI=1S/C22H23ClN2O4S/c1-15-4-9-21-16(11-15)12-17(22(26)24-21)13-25(14-19-3-2-10-29-19)30(27,28)20-7-5-18(23)6-8-20/h4-9,11-12,19H,2-3,10,13-14H2,1H3,(H,24,26)/t19-/m1/s1. The molecule has 0 bridgehead atoms. The number of aromatic nitrogens is 1. The van der Waals surface area contributed by atoms with E-state index in [1.165, 1.54) is 16.4 Å². The number of nitrogens with one attached hydrogen (secondary N) is 1. The van der Waals surface area contributed by atoms with Crippen molar-refractivity contribution >= 4 is 32.5 Å². The summed E-state index contributed by atoms with van der Waals surface area (Å²) < 4.78 is 33.8. The summed E-state index contributed by atoms with van der Waals surface area (Å²) in [4.78, 5) is 15.7. The van der Waals surface area contributed by atoms with Crippen LogP contribution in [0.5, 0.6) is 0 Å². The molecule has 1 N–H and O–H groups in total. The molecule has 30 heavy (non-hydrogen) atoms. The number of ether oxygens (including phenoxy) is 1. The molecule has 158 valence electrons. The van der Waals surface area contributed by atoms with Crippen LogP contribution in [0.2, 0.25) is 5.02 Å². The van der Waals surface area contributed by atoms with Crippen molar-refractivity contribution < 1.29 is 13.2 Å². The third kappa shape index (κ3) is 4.44. The van der Waals surface area contributed by atoms with Crippen LogP contribution in [0.3, 0.4) is 0 Å². The summed E-state index contributed by atoms with van der Waals surface area (Å²) >= 11 is 5.92. The Morgan fingerprint density at radius 3 is 2.63 bits per heavy atom. The predicted octanol–water partition coefficient (Wildman–Crippen LogP) is 3.86. The van der Waals surface area contributed by atoms with Gasteiger partial charge in [0.25, 0.3) is 5.56 Å². The van der Waals surface area contributed by atoms with Gasteiger partial charge in [-0.25, -0.2) is 8.42 Å². The lowest BCUT2D eigenvalue weighted by Gasteiger charge is -2.25. The highest BCUT2D eigenvalue weighted by Gasteiger charge is 2.30. The van der Waals surface area contributed by atoms with Crippen LogP contribution in [0.1, 0.15) is 24.0 Å². The average molecular weight is 447 g/mol. The first-order valence-corrected chi connectivity index (χ1v) is 11.6. The van der Waals surface area contributed by atoms with E-state index in [1.807, 2.05) is 25.1 Å². The van der Waals surface area contributed by atoms with Crippen molar-refractivity contribution in [3.8, 4) is 0 Å². The van der Waals surface area contributed by atoms with Gasteiger partial charge >= 0.3 is 0 Å². The number of benzene rings is 2. The Morgan fingerprint density at radius 1 is 1.17 bits per heavy atom. The van der Waals surface area contributed by atoms with Gasteiger partial charge in [-0.1, -0.05) is 23.2 Å². The molecule has 0 amide bonds. The number of sulfonamides is 1. The van der Waals surface area contributed by atoms with Gasteiger partial charge in [0.15, 0.2) is 0 Å². The molecule has 0 unspecified atom stereocenters. The number of fused-ring (bicyclic) bond motifs is 1. The van der Waals surface area contributed by atoms with Gasteiger partial charge in [0.1, 0.15) is 0 Å². The highest BCUT2D eigenvalue weighted by Crippen LogP contribution is 2.24. The SMILES string of the molecule is Cc1ccc2[nH]c(=O)c(CN(C[C@H]3CCCO3)S(=O)(=O)c3ccc(Cl)cc3)cc2c1. The van der Waals surface area contributed by atoms with Gasteiger partial charge in [-0.3, -0.25) is 4.79 Å². The molecule has 1 saturated heterocycles. The first-order valence-electron chi connectivity index (χ1n) is 9.83. The van der Waals surface area contributed by atoms with Crippen molar-refractivity contribution in [3.05, 3.63) is 75.0 Å². The monoisotopic (exact) mass is 446 g/mol. The molecule has 1 aliphatic rings. The van der Waals surface area contributed by atoms with Crippen LogP contribution < -0.4 is 5.56 Å². The maximum atomic E-state index is 13.4. The highest BCUT2D eigenvalue weighted by atomic mass is 35.5. The molecule has 0 aliphatic carbocycles. The highest BCUT2D eigenvalue weighted by molar-refractivity contribution is 7.89. The number of hydrogen-bond acceptors (Lipinski definition) is 4. The third-order valence-corrected chi connectivity index (χ3v) is 7.38. The summed E-state index contributed by atoms with van der Waals surface area (Å²) in [5.41, 5.74) is 1.88. The summed E-state index contributed by atoms with van der Waals surface area (Å²) in [6.45, 7) is 2.74. The molecule has 1 atom stereocenters. The zero-order chi connectivity index (χ0) is 21.3. The first-order chi connectivity index (χ1) is 14.3. The van der Waals surface area contributed by atoms with Crippen molar-refractivity contribution in [2.75, 3.05) is 13.2 Å². The number of aryl methyl sites for hydroxylation is 1. The Morgan fingerprint density at radius 2 is 1.93 bits per heavy atom. The fourth-order valence-electron chi connectivity index (χ4n) is 3.70. The molecule has 3 aromatic rings. The van der Waals surface area contributed by atoms with E-state index in [-0.39, 0.29) is 29.6 Å². The molecule has 1 aromatic heterocycles. The molecule has 0 spiro atoms. The smallest absolute Gasteiger partial charge is 0.252 e. The van der Waals surface area contributed by atoms with Crippen molar-refractivity contribution in [2.24, 2.45) is 0 Å². The summed E-state index contributed by atoms with van der Waals surface area (Å²) in [7, 11) is -3.84. The number of hydrogen-bond donors (Lipinski definition) is 1. The molecule has 2 heterocycles. The van der Waals surface area contributed by atoms with E-state index in [2.05, 4.69) is 4.98 Å². The van der Waals surface area contributed by atoms with Crippen molar-refractivity contribution in [3.63, 3.8) is 0 Å². The largest absolute Gasteiger partial charge is 0.377 e. The topological polar surface area (TPSA) is 79.5 Å². The minimum atomic E-state index is -3.84. The molecule has 1 fully saturated rings. The molecule has 8 heteroatoms. The molecule has 2 aromatic carbocycles. The molecule has 4 rings (SSSR count). The second kappa shape index (κ2) is 8.51. The maximum Gasteiger partial charge on any atom is 0.252 e. The van der Waals surface area contributed by atoms with Gasteiger partial charge < -0.3 is 9.72 Å². The summed E-state index contributed by atoms with van der Waals surface area (Å²) in [5, 5.41) is 1.33. The molecule has 1 aliphatic heterocycles. The number of rotatable bonds is 6. The number of H-pyrrole nitrogens is 1. The van der Waals surface area contributed by atoms with Crippen molar-refractivity contribution in [2.45, 2.75) is 37.3 Å². The fourth-order valence-corrected chi connectivity index (χ4v) is 5.27. The van der Waals surface area contributed by atoms with Crippen LogP contribution in [0.4, 0.5) is 0 Å². The van der Waals surface area contributed by atoms with Gasteiger partial charge in [0.05, 0.1) is 11.0 Å². The zero-order valence-electron chi connectivity index (χ0n) is 16.6. The van der Waals surface area contributed by atoms with Crippen molar-refractivity contribution in [1.82, 2.24) is 9.29 Å². The Bertz CT molecular complexity index is 1220. The van der Waals surface area contributed by atoms with E-state index in [0.717, 1.165) is 29.3 Å². The van der Waals surface area contributed by atoms with E-state index in [4.69, 9.17) is 16.3 Å². The average Bonchev–Trinajstić information content (AvgIpc) is 3.22. The maximum absolute atomic E-state index is 13.4. The normalized spacial score (nSPS) is 17.1. The van der Waals surface area contributed by atoms with E-state index in [0.29, 0.717) is 17.2 Å². The summed E-state index contributed by atoms with van der Waals surface area (Å²) in [6, 6.07) is 13.6. The lowest BCUT2D eigenvalue weighted by molar-refractivity contribution is 0.0925. The molecule has 0 radical (unpaired) electrons. The Kier molecular flexibility index (Phi) is 5.97. The number of nitrogens with zero attached hydrogens (tertiary/aromatic N) is 1. The second-order valence-corrected chi connectivity index (χ2v) is 9.98. The van der Waals surface area contributed by atoms with Crippen LogP contribution in [0.15, 0.2) is 58.2 Å². The van der Waals surface area contributed by atoms with Gasteiger partial charge in [-0.05, 0) is 67.6 Å². The lowest BCUT2D eigenvalue weighted by Crippen LogP contribution is -2.38. The molecule has 6 nitrogen and oxygen atoms in total. The number of pyridine rings is 1. The fraction of sp³-hybridized carbons (Fsp3) is 0.318. The minimum Gasteiger partial charge on any atom is -0.377 e. The van der Waals surface area contributed by atoms with Gasteiger partial charge in [0.2, 0.25) is 10.0 Å².